The molecule has 0 amide bonds. The van der Waals surface area contributed by atoms with Crippen molar-refractivity contribution < 1.29 is 4.74 Å². The van der Waals surface area contributed by atoms with Crippen LogP contribution in [-0.4, -0.2) is 18.0 Å². The topological polar surface area (TPSA) is 9.23 Å². The number of allylic oxidation sites excluding steroid dienone is 1. The van der Waals surface area contributed by atoms with E-state index in [-0.39, 0.29) is 0 Å². The highest BCUT2D eigenvalue weighted by atomic mass is 79.9. The molecule has 1 nitrogen and oxygen atoms in total. The van der Waals surface area contributed by atoms with Crippen molar-refractivity contribution in [1.82, 2.24) is 0 Å². The van der Waals surface area contributed by atoms with Gasteiger partial charge in [-0.2, -0.15) is 0 Å². The van der Waals surface area contributed by atoms with E-state index in [9.17, 15) is 0 Å². The van der Waals surface area contributed by atoms with Crippen LogP contribution in [0, 0.1) is 11.8 Å². The Morgan fingerprint density at radius 2 is 2.29 bits per heavy atom. The summed E-state index contributed by atoms with van der Waals surface area (Å²) in [5, 5.41) is 0.979. The van der Waals surface area contributed by atoms with Crippen LogP contribution in [-0.2, 0) is 4.74 Å². The number of ether oxygens (including phenoxy) is 1. The van der Waals surface area contributed by atoms with Gasteiger partial charge < -0.3 is 4.74 Å². The minimum Gasteiger partial charge on any atom is -0.377 e. The van der Waals surface area contributed by atoms with E-state index in [1.807, 2.05) is 5.57 Å². The first-order valence-electron chi connectivity index (χ1n) is 5.78. The molecule has 3 atom stereocenters. The second kappa shape index (κ2) is 3.64. The highest BCUT2D eigenvalue weighted by Gasteiger charge is 2.47. The normalized spacial score (nSPS) is 39.6. The maximum Gasteiger partial charge on any atom is 0.0649 e. The van der Waals surface area contributed by atoms with Gasteiger partial charge in [0.1, 0.15) is 0 Å². The number of halogens is 1. The van der Waals surface area contributed by atoms with Gasteiger partial charge in [-0.25, -0.2) is 0 Å². The lowest BCUT2D eigenvalue weighted by Gasteiger charge is -2.26. The van der Waals surface area contributed by atoms with Crippen LogP contribution < -0.4 is 0 Å². The number of fused-ring (bicyclic) bond motifs is 4. The lowest BCUT2D eigenvalue weighted by atomic mass is 9.86. The fourth-order valence-electron chi connectivity index (χ4n) is 3.72. The fraction of sp³-hybridized carbons (Fsp3) is 0.833. The number of hydrogen-bond acceptors (Lipinski definition) is 1. The molecular formula is C12H17BrO. The van der Waals surface area contributed by atoms with Gasteiger partial charge in [-0.3, -0.25) is 0 Å². The molecule has 0 aromatic heterocycles. The minimum atomic E-state index is 0.564. The number of alkyl halides is 1. The summed E-state index contributed by atoms with van der Waals surface area (Å²) in [5.74, 6) is 1.79. The van der Waals surface area contributed by atoms with Crippen molar-refractivity contribution in [2.45, 2.75) is 38.2 Å². The highest BCUT2D eigenvalue weighted by Crippen LogP contribution is 2.55. The van der Waals surface area contributed by atoms with Crippen LogP contribution in [0.5, 0.6) is 0 Å². The Hall–Kier alpha value is 0.180. The first kappa shape index (κ1) is 9.41. The van der Waals surface area contributed by atoms with Crippen LogP contribution in [0.1, 0.15) is 32.1 Å². The largest absolute Gasteiger partial charge is 0.377 e. The maximum atomic E-state index is 5.91. The van der Waals surface area contributed by atoms with Gasteiger partial charge in [0.05, 0.1) is 12.7 Å². The van der Waals surface area contributed by atoms with Crippen LogP contribution in [0.4, 0.5) is 0 Å². The monoisotopic (exact) mass is 256 g/mol. The molecule has 0 N–H and O–H groups in total. The van der Waals surface area contributed by atoms with E-state index in [4.69, 9.17) is 4.74 Å². The van der Waals surface area contributed by atoms with Crippen LogP contribution in [0.3, 0.4) is 0 Å². The molecule has 0 saturated heterocycles. The van der Waals surface area contributed by atoms with Gasteiger partial charge >= 0.3 is 0 Å². The molecular weight excluding hydrogens is 240 g/mol. The van der Waals surface area contributed by atoms with Gasteiger partial charge in [-0.1, -0.05) is 27.1 Å². The lowest BCUT2D eigenvalue weighted by Crippen LogP contribution is -2.26. The standard InChI is InChI=1S/C12H17BrO/c13-4-5-14-12-7-8-6-11(12)10-3-1-2-9(8)10/h10-12H,1-7H2. The van der Waals surface area contributed by atoms with E-state index in [0.29, 0.717) is 6.10 Å². The Labute approximate surface area is 94.0 Å². The Morgan fingerprint density at radius 1 is 1.36 bits per heavy atom. The van der Waals surface area contributed by atoms with Crippen molar-refractivity contribution in [1.29, 1.82) is 0 Å². The molecule has 0 heterocycles. The molecule has 0 aromatic carbocycles. The smallest absolute Gasteiger partial charge is 0.0649 e. The summed E-state index contributed by atoms with van der Waals surface area (Å²) in [6.07, 6.45) is 7.47. The van der Waals surface area contributed by atoms with E-state index in [0.717, 1.165) is 23.8 Å². The van der Waals surface area contributed by atoms with Gasteiger partial charge in [0.15, 0.2) is 0 Å². The molecule has 2 fully saturated rings. The van der Waals surface area contributed by atoms with Crippen molar-refractivity contribution in [2.24, 2.45) is 11.8 Å². The third kappa shape index (κ3) is 1.30. The molecule has 0 aromatic rings. The van der Waals surface area contributed by atoms with Crippen LogP contribution in [0.2, 0.25) is 0 Å². The Bertz CT molecular complexity index is 271. The van der Waals surface area contributed by atoms with Crippen molar-refractivity contribution in [3.05, 3.63) is 11.1 Å². The van der Waals surface area contributed by atoms with Crippen molar-refractivity contribution in [3.63, 3.8) is 0 Å². The average molecular weight is 257 g/mol. The van der Waals surface area contributed by atoms with Crippen LogP contribution in [0.25, 0.3) is 0 Å². The van der Waals surface area contributed by atoms with Gasteiger partial charge in [-0.15, -0.1) is 0 Å². The third-order valence-electron chi connectivity index (χ3n) is 4.20. The summed E-state index contributed by atoms with van der Waals surface area (Å²) >= 11 is 3.43. The number of hydrogen-bond donors (Lipinski definition) is 0. The van der Waals surface area contributed by atoms with Crippen LogP contribution in [0.15, 0.2) is 11.1 Å². The van der Waals surface area contributed by atoms with Gasteiger partial charge in [0, 0.05) is 5.33 Å². The fourth-order valence-corrected chi connectivity index (χ4v) is 3.91. The second-order valence-corrected chi connectivity index (χ2v) is 5.59. The molecule has 2 bridgehead atoms. The van der Waals surface area contributed by atoms with Gasteiger partial charge in [-0.05, 0) is 43.9 Å². The second-order valence-electron chi connectivity index (χ2n) is 4.80. The molecule has 3 unspecified atom stereocenters. The summed E-state index contributed by atoms with van der Waals surface area (Å²) in [4.78, 5) is 0. The zero-order valence-electron chi connectivity index (χ0n) is 8.47. The van der Waals surface area contributed by atoms with Crippen molar-refractivity contribution in [3.8, 4) is 0 Å². The summed E-state index contributed by atoms with van der Waals surface area (Å²) in [6, 6.07) is 0. The summed E-state index contributed by atoms with van der Waals surface area (Å²) in [7, 11) is 0. The van der Waals surface area contributed by atoms with E-state index in [1.165, 1.54) is 32.1 Å². The molecule has 2 saturated carbocycles. The summed E-state index contributed by atoms with van der Waals surface area (Å²) in [6.45, 7) is 0.885. The molecule has 3 rings (SSSR count). The molecule has 0 radical (unpaired) electrons. The summed E-state index contributed by atoms with van der Waals surface area (Å²) in [5.41, 5.74) is 3.62. The Morgan fingerprint density at radius 3 is 3.14 bits per heavy atom. The molecule has 3 aliphatic rings. The molecule has 0 spiro atoms. The zero-order valence-corrected chi connectivity index (χ0v) is 10.1. The molecule has 14 heavy (non-hydrogen) atoms. The van der Waals surface area contributed by atoms with E-state index in [1.54, 1.807) is 5.57 Å². The highest BCUT2D eigenvalue weighted by molar-refractivity contribution is 9.09. The van der Waals surface area contributed by atoms with Gasteiger partial charge in [0.25, 0.3) is 0 Å². The molecule has 2 heteroatoms. The zero-order chi connectivity index (χ0) is 9.54. The molecule has 78 valence electrons. The van der Waals surface area contributed by atoms with Crippen molar-refractivity contribution >= 4 is 15.9 Å². The average Bonchev–Trinajstić information content (AvgIpc) is 2.85. The Balaban J connectivity index is 1.72. The van der Waals surface area contributed by atoms with E-state index in [2.05, 4.69) is 15.9 Å². The molecule has 3 aliphatic carbocycles. The predicted octanol–water partition coefficient (Wildman–Crippen LogP) is 3.29. The lowest BCUT2D eigenvalue weighted by molar-refractivity contribution is 0.0237. The SMILES string of the molecule is BrCCOC1CC2=C3CCCC3C1C2. The predicted molar refractivity (Wildman–Crippen MR) is 60.6 cm³/mol. The van der Waals surface area contributed by atoms with Gasteiger partial charge in [0.2, 0.25) is 0 Å². The first-order chi connectivity index (χ1) is 6.90. The van der Waals surface area contributed by atoms with E-state index < -0.39 is 0 Å². The minimum absolute atomic E-state index is 0.564. The van der Waals surface area contributed by atoms with Crippen molar-refractivity contribution in [2.75, 3.05) is 11.9 Å². The third-order valence-corrected chi connectivity index (χ3v) is 4.52. The quantitative estimate of drug-likeness (QED) is 0.557. The van der Waals surface area contributed by atoms with E-state index >= 15 is 0 Å². The first-order valence-corrected chi connectivity index (χ1v) is 6.90. The Kier molecular flexibility index (Phi) is 2.45. The number of rotatable bonds is 3. The maximum absolute atomic E-state index is 5.91. The van der Waals surface area contributed by atoms with Crippen LogP contribution >= 0.6 is 15.9 Å². The summed E-state index contributed by atoms with van der Waals surface area (Å²) < 4.78 is 5.91. The molecule has 0 aliphatic heterocycles.